The first-order valence-corrected chi connectivity index (χ1v) is 6.31. The molecule has 2 heterocycles. The molecule has 100 valence electrons. The second-order valence-corrected chi connectivity index (χ2v) is 4.81. The molecule has 0 aromatic carbocycles. The molecule has 1 fully saturated rings. The zero-order valence-electron chi connectivity index (χ0n) is 10.8. The molecule has 1 atom stereocenters. The smallest absolute Gasteiger partial charge is 0.225 e. The Labute approximate surface area is 107 Å². The van der Waals surface area contributed by atoms with E-state index in [0.29, 0.717) is 18.4 Å². The second kappa shape index (κ2) is 5.92. The van der Waals surface area contributed by atoms with Gasteiger partial charge < -0.3 is 16.8 Å². The lowest BCUT2D eigenvalue weighted by molar-refractivity contribution is 0.252. The van der Waals surface area contributed by atoms with Crippen molar-refractivity contribution in [3.05, 3.63) is 5.82 Å². The Morgan fingerprint density at radius 3 is 2.56 bits per heavy atom. The van der Waals surface area contributed by atoms with Gasteiger partial charge in [0.25, 0.3) is 0 Å². The summed E-state index contributed by atoms with van der Waals surface area (Å²) in [5.74, 6) is 0.988. The molecule has 1 aromatic rings. The van der Waals surface area contributed by atoms with E-state index in [1.54, 1.807) is 0 Å². The van der Waals surface area contributed by atoms with Gasteiger partial charge in [-0.2, -0.15) is 15.0 Å². The van der Waals surface area contributed by atoms with Crippen LogP contribution in [0.4, 0.5) is 11.9 Å². The SMILES string of the molecule is CN(Cc1nc(N)nc(N)n1)CC1CCCCN1. The van der Waals surface area contributed by atoms with Crippen molar-refractivity contribution in [2.75, 3.05) is 31.6 Å². The zero-order valence-corrected chi connectivity index (χ0v) is 10.8. The Kier molecular flexibility index (Phi) is 4.27. The van der Waals surface area contributed by atoms with Crippen LogP contribution in [0.3, 0.4) is 0 Å². The highest BCUT2D eigenvalue weighted by Crippen LogP contribution is 2.09. The van der Waals surface area contributed by atoms with Crippen molar-refractivity contribution in [3.63, 3.8) is 0 Å². The van der Waals surface area contributed by atoms with E-state index < -0.39 is 0 Å². The highest BCUT2D eigenvalue weighted by Gasteiger charge is 2.15. The van der Waals surface area contributed by atoms with Crippen LogP contribution in [0, 0.1) is 0 Å². The number of rotatable bonds is 4. The molecule has 2 rings (SSSR count). The largest absolute Gasteiger partial charge is 0.368 e. The molecular weight excluding hydrogens is 230 g/mol. The van der Waals surface area contributed by atoms with E-state index in [1.165, 1.54) is 19.3 Å². The van der Waals surface area contributed by atoms with Crippen LogP contribution in [0.1, 0.15) is 25.1 Å². The topological polar surface area (TPSA) is 106 Å². The maximum Gasteiger partial charge on any atom is 0.225 e. The summed E-state index contributed by atoms with van der Waals surface area (Å²) < 4.78 is 0. The van der Waals surface area contributed by atoms with Crippen molar-refractivity contribution in [2.24, 2.45) is 0 Å². The molecule has 5 N–H and O–H groups in total. The molecule has 1 aromatic heterocycles. The number of anilines is 2. The van der Waals surface area contributed by atoms with Crippen LogP contribution in [0.15, 0.2) is 0 Å². The van der Waals surface area contributed by atoms with Crippen LogP contribution in [0.25, 0.3) is 0 Å². The second-order valence-electron chi connectivity index (χ2n) is 4.81. The molecule has 0 amide bonds. The zero-order chi connectivity index (χ0) is 13.0. The van der Waals surface area contributed by atoms with Gasteiger partial charge in [0.05, 0.1) is 6.54 Å². The summed E-state index contributed by atoms with van der Waals surface area (Å²) >= 11 is 0. The van der Waals surface area contributed by atoms with Crippen LogP contribution < -0.4 is 16.8 Å². The molecule has 7 heteroatoms. The number of aromatic nitrogens is 3. The van der Waals surface area contributed by atoms with Crippen LogP contribution in [0.5, 0.6) is 0 Å². The van der Waals surface area contributed by atoms with Crippen molar-refractivity contribution in [1.29, 1.82) is 0 Å². The Morgan fingerprint density at radius 2 is 1.94 bits per heavy atom. The average Bonchev–Trinajstić information content (AvgIpc) is 2.28. The minimum Gasteiger partial charge on any atom is -0.368 e. The van der Waals surface area contributed by atoms with Gasteiger partial charge >= 0.3 is 0 Å². The number of likely N-dealkylation sites (N-methyl/N-ethyl adjacent to an activating group) is 1. The van der Waals surface area contributed by atoms with Gasteiger partial charge in [-0.05, 0) is 26.4 Å². The fourth-order valence-electron chi connectivity index (χ4n) is 2.29. The van der Waals surface area contributed by atoms with E-state index in [2.05, 4.69) is 25.2 Å². The highest BCUT2D eigenvalue weighted by molar-refractivity contribution is 5.25. The van der Waals surface area contributed by atoms with E-state index >= 15 is 0 Å². The quantitative estimate of drug-likeness (QED) is 0.669. The minimum absolute atomic E-state index is 0.182. The van der Waals surface area contributed by atoms with Crippen molar-refractivity contribution in [1.82, 2.24) is 25.2 Å². The normalized spacial score (nSPS) is 20.2. The molecule has 7 nitrogen and oxygen atoms in total. The third kappa shape index (κ3) is 3.78. The summed E-state index contributed by atoms with van der Waals surface area (Å²) in [4.78, 5) is 14.1. The van der Waals surface area contributed by atoms with Crippen molar-refractivity contribution < 1.29 is 0 Å². The number of nitrogens with one attached hydrogen (secondary N) is 1. The molecule has 0 bridgehead atoms. The third-order valence-corrected chi connectivity index (χ3v) is 3.07. The third-order valence-electron chi connectivity index (χ3n) is 3.07. The first kappa shape index (κ1) is 13.0. The first-order valence-electron chi connectivity index (χ1n) is 6.31. The summed E-state index contributed by atoms with van der Waals surface area (Å²) in [7, 11) is 2.05. The molecule has 1 aliphatic heterocycles. The number of nitrogen functional groups attached to an aromatic ring is 2. The lowest BCUT2D eigenvalue weighted by atomic mass is 10.0. The van der Waals surface area contributed by atoms with Gasteiger partial charge in [0.2, 0.25) is 11.9 Å². The van der Waals surface area contributed by atoms with E-state index in [9.17, 15) is 0 Å². The Bertz CT molecular complexity index is 369. The van der Waals surface area contributed by atoms with Crippen LogP contribution >= 0.6 is 0 Å². The molecule has 1 unspecified atom stereocenters. The number of nitrogens with zero attached hydrogens (tertiary/aromatic N) is 4. The molecule has 1 aliphatic rings. The lowest BCUT2D eigenvalue weighted by Gasteiger charge is -2.27. The monoisotopic (exact) mass is 251 g/mol. The molecule has 0 aliphatic carbocycles. The predicted molar refractivity (Wildman–Crippen MR) is 70.6 cm³/mol. The fraction of sp³-hybridized carbons (Fsp3) is 0.727. The number of hydrogen-bond acceptors (Lipinski definition) is 7. The average molecular weight is 251 g/mol. The van der Waals surface area contributed by atoms with E-state index in [1.807, 2.05) is 7.05 Å². The van der Waals surface area contributed by atoms with Crippen LogP contribution in [0.2, 0.25) is 0 Å². The molecule has 18 heavy (non-hydrogen) atoms. The number of hydrogen-bond donors (Lipinski definition) is 3. The van der Waals surface area contributed by atoms with Crippen molar-refractivity contribution in [3.8, 4) is 0 Å². The van der Waals surface area contributed by atoms with Gasteiger partial charge in [-0.1, -0.05) is 6.42 Å². The molecule has 0 radical (unpaired) electrons. The fourth-order valence-corrected chi connectivity index (χ4v) is 2.29. The summed E-state index contributed by atoms with van der Waals surface area (Å²) in [5.41, 5.74) is 11.1. The van der Waals surface area contributed by atoms with Gasteiger partial charge in [-0.3, -0.25) is 4.90 Å². The van der Waals surface area contributed by atoms with Gasteiger partial charge in [0, 0.05) is 12.6 Å². The Balaban J connectivity index is 1.87. The maximum atomic E-state index is 5.55. The summed E-state index contributed by atoms with van der Waals surface area (Å²) in [6, 6.07) is 0.556. The van der Waals surface area contributed by atoms with E-state index in [-0.39, 0.29) is 11.9 Å². The molecule has 1 saturated heterocycles. The van der Waals surface area contributed by atoms with Gasteiger partial charge in [-0.15, -0.1) is 0 Å². The van der Waals surface area contributed by atoms with Crippen molar-refractivity contribution >= 4 is 11.9 Å². The Morgan fingerprint density at radius 1 is 1.22 bits per heavy atom. The van der Waals surface area contributed by atoms with E-state index in [4.69, 9.17) is 11.5 Å². The number of piperidine rings is 1. The maximum absolute atomic E-state index is 5.55. The van der Waals surface area contributed by atoms with Gasteiger partial charge in [-0.25, -0.2) is 0 Å². The van der Waals surface area contributed by atoms with E-state index in [0.717, 1.165) is 13.1 Å². The molecular formula is C11H21N7. The molecule has 0 spiro atoms. The molecule has 0 saturated carbocycles. The van der Waals surface area contributed by atoms with Crippen LogP contribution in [-0.4, -0.2) is 46.0 Å². The van der Waals surface area contributed by atoms with Gasteiger partial charge in [0.15, 0.2) is 0 Å². The minimum atomic E-state index is 0.182. The standard InChI is InChI=1S/C11H21N7/c1-18(6-8-4-2-3-5-14-8)7-9-15-10(12)17-11(13)16-9/h8,14H,2-7H2,1H3,(H4,12,13,15,16,17). The summed E-state index contributed by atoms with van der Waals surface area (Å²) in [5, 5.41) is 3.51. The predicted octanol–water partition coefficient (Wildman–Crippen LogP) is -0.390. The van der Waals surface area contributed by atoms with Crippen molar-refractivity contribution in [2.45, 2.75) is 31.8 Å². The first-order chi connectivity index (χ1) is 8.63. The lowest BCUT2D eigenvalue weighted by Crippen LogP contribution is -2.42. The number of nitrogens with two attached hydrogens (primary N) is 2. The van der Waals surface area contributed by atoms with Gasteiger partial charge in [0.1, 0.15) is 5.82 Å². The highest BCUT2D eigenvalue weighted by atomic mass is 15.2. The Hall–Kier alpha value is -1.47. The van der Waals surface area contributed by atoms with Crippen LogP contribution in [-0.2, 0) is 6.54 Å². The summed E-state index contributed by atoms with van der Waals surface area (Å²) in [6.07, 6.45) is 3.81. The summed E-state index contributed by atoms with van der Waals surface area (Å²) in [6.45, 7) is 2.73.